The van der Waals surface area contributed by atoms with Crippen LogP contribution >= 0.6 is 0 Å². The highest BCUT2D eigenvalue weighted by atomic mass is 16.5. The van der Waals surface area contributed by atoms with Crippen LogP contribution in [0.2, 0.25) is 0 Å². The van der Waals surface area contributed by atoms with Crippen molar-refractivity contribution in [3.63, 3.8) is 0 Å². The van der Waals surface area contributed by atoms with Gasteiger partial charge in [-0.1, -0.05) is 20.3 Å². The van der Waals surface area contributed by atoms with E-state index in [0.29, 0.717) is 19.1 Å². The summed E-state index contributed by atoms with van der Waals surface area (Å²) < 4.78 is 10.7. The summed E-state index contributed by atoms with van der Waals surface area (Å²) in [5.74, 6) is 0.664. The second-order valence-corrected chi connectivity index (χ2v) is 3.30. The minimum Gasteiger partial charge on any atom is -0.379 e. The minimum absolute atomic E-state index is 0.664. The summed E-state index contributed by atoms with van der Waals surface area (Å²) in [6.07, 6.45) is 1.18. The zero-order chi connectivity index (χ0) is 9.94. The van der Waals surface area contributed by atoms with Crippen LogP contribution in [0.3, 0.4) is 0 Å². The monoisotopic (exact) mass is 189 g/mol. The summed E-state index contributed by atoms with van der Waals surface area (Å²) in [5, 5.41) is 3.02. The van der Waals surface area contributed by atoms with E-state index in [4.69, 9.17) is 9.47 Å². The molecule has 0 spiro atoms. The quantitative estimate of drug-likeness (QED) is 0.554. The first kappa shape index (κ1) is 12.9. The summed E-state index contributed by atoms with van der Waals surface area (Å²) in [7, 11) is 1.92. The van der Waals surface area contributed by atoms with Crippen LogP contribution in [-0.2, 0) is 9.47 Å². The Hall–Kier alpha value is -0.120. The molecule has 0 aliphatic heterocycles. The number of rotatable bonds is 9. The Morgan fingerprint density at radius 1 is 1.15 bits per heavy atom. The SMILES string of the molecule is CCC(C)COCCOCCNC. The first-order valence-electron chi connectivity index (χ1n) is 5.11. The molecule has 3 heteroatoms. The van der Waals surface area contributed by atoms with E-state index >= 15 is 0 Å². The van der Waals surface area contributed by atoms with Gasteiger partial charge in [0.25, 0.3) is 0 Å². The maximum atomic E-state index is 5.42. The summed E-state index contributed by atoms with van der Waals surface area (Å²) in [6, 6.07) is 0. The Balaban J connectivity index is 2.91. The molecule has 13 heavy (non-hydrogen) atoms. The predicted octanol–water partition coefficient (Wildman–Crippen LogP) is 1.29. The van der Waals surface area contributed by atoms with Crippen LogP contribution in [0.1, 0.15) is 20.3 Å². The number of hydrogen-bond donors (Lipinski definition) is 1. The lowest BCUT2D eigenvalue weighted by Crippen LogP contribution is -2.16. The fourth-order valence-corrected chi connectivity index (χ4v) is 0.797. The lowest BCUT2D eigenvalue weighted by Gasteiger charge is -2.09. The molecule has 0 radical (unpaired) electrons. The van der Waals surface area contributed by atoms with E-state index in [1.807, 2.05) is 7.05 Å². The van der Waals surface area contributed by atoms with Crippen molar-refractivity contribution in [1.29, 1.82) is 0 Å². The van der Waals surface area contributed by atoms with E-state index in [9.17, 15) is 0 Å². The average molecular weight is 189 g/mol. The van der Waals surface area contributed by atoms with E-state index in [1.165, 1.54) is 6.42 Å². The van der Waals surface area contributed by atoms with Crippen LogP contribution in [-0.4, -0.2) is 40.0 Å². The van der Waals surface area contributed by atoms with Crippen molar-refractivity contribution in [3.8, 4) is 0 Å². The average Bonchev–Trinajstić information content (AvgIpc) is 2.16. The maximum Gasteiger partial charge on any atom is 0.0701 e. The molecule has 0 rings (SSSR count). The third-order valence-corrected chi connectivity index (χ3v) is 1.97. The Morgan fingerprint density at radius 2 is 1.85 bits per heavy atom. The molecule has 1 N–H and O–H groups in total. The van der Waals surface area contributed by atoms with Gasteiger partial charge in [-0.3, -0.25) is 0 Å². The molecule has 1 atom stereocenters. The third kappa shape index (κ3) is 9.80. The van der Waals surface area contributed by atoms with Crippen LogP contribution in [0.15, 0.2) is 0 Å². The van der Waals surface area contributed by atoms with Crippen molar-refractivity contribution >= 4 is 0 Å². The maximum absolute atomic E-state index is 5.42. The van der Waals surface area contributed by atoms with Gasteiger partial charge >= 0.3 is 0 Å². The first-order valence-corrected chi connectivity index (χ1v) is 5.11. The number of nitrogens with one attached hydrogen (secondary N) is 1. The minimum atomic E-state index is 0.664. The van der Waals surface area contributed by atoms with Gasteiger partial charge in [-0.2, -0.15) is 0 Å². The van der Waals surface area contributed by atoms with Crippen LogP contribution < -0.4 is 5.32 Å². The zero-order valence-electron chi connectivity index (χ0n) is 9.14. The largest absolute Gasteiger partial charge is 0.379 e. The third-order valence-electron chi connectivity index (χ3n) is 1.97. The van der Waals surface area contributed by atoms with E-state index in [-0.39, 0.29) is 0 Å². The first-order chi connectivity index (χ1) is 6.31. The molecule has 0 heterocycles. The number of ether oxygens (including phenoxy) is 2. The molecule has 1 unspecified atom stereocenters. The lowest BCUT2D eigenvalue weighted by molar-refractivity contribution is 0.0365. The van der Waals surface area contributed by atoms with Gasteiger partial charge < -0.3 is 14.8 Å². The second kappa shape index (κ2) is 9.96. The molecule has 80 valence electrons. The topological polar surface area (TPSA) is 30.5 Å². The lowest BCUT2D eigenvalue weighted by atomic mass is 10.1. The van der Waals surface area contributed by atoms with Crippen molar-refractivity contribution in [3.05, 3.63) is 0 Å². The zero-order valence-corrected chi connectivity index (χ0v) is 9.14. The molecule has 0 saturated carbocycles. The van der Waals surface area contributed by atoms with Crippen molar-refractivity contribution in [1.82, 2.24) is 5.32 Å². The van der Waals surface area contributed by atoms with Gasteiger partial charge in [-0.05, 0) is 13.0 Å². The molecular weight excluding hydrogens is 166 g/mol. The molecular formula is C10H23NO2. The standard InChI is InChI=1S/C10H23NO2/c1-4-10(2)9-13-8-7-12-6-5-11-3/h10-11H,4-9H2,1-3H3. The van der Waals surface area contributed by atoms with Crippen LogP contribution in [0, 0.1) is 5.92 Å². The Kier molecular flexibility index (Phi) is 9.87. The summed E-state index contributed by atoms with van der Waals surface area (Å²) in [4.78, 5) is 0. The van der Waals surface area contributed by atoms with Gasteiger partial charge in [0.15, 0.2) is 0 Å². The fraction of sp³-hybridized carbons (Fsp3) is 1.00. The highest BCUT2D eigenvalue weighted by Crippen LogP contribution is 1.99. The molecule has 0 fully saturated rings. The second-order valence-electron chi connectivity index (χ2n) is 3.30. The van der Waals surface area contributed by atoms with Crippen LogP contribution in [0.25, 0.3) is 0 Å². The molecule has 0 aliphatic rings. The highest BCUT2D eigenvalue weighted by Gasteiger charge is 1.97. The highest BCUT2D eigenvalue weighted by molar-refractivity contribution is 4.45. The molecule has 3 nitrogen and oxygen atoms in total. The van der Waals surface area contributed by atoms with Gasteiger partial charge in [-0.25, -0.2) is 0 Å². The van der Waals surface area contributed by atoms with Crippen molar-refractivity contribution in [2.75, 3.05) is 40.0 Å². The Labute approximate surface area is 81.8 Å². The van der Waals surface area contributed by atoms with E-state index in [2.05, 4.69) is 19.2 Å². The number of likely N-dealkylation sites (N-methyl/N-ethyl adjacent to an activating group) is 1. The summed E-state index contributed by atoms with van der Waals surface area (Å²) >= 11 is 0. The molecule has 0 bridgehead atoms. The Morgan fingerprint density at radius 3 is 2.46 bits per heavy atom. The van der Waals surface area contributed by atoms with Gasteiger partial charge in [0.2, 0.25) is 0 Å². The number of hydrogen-bond acceptors (Lipinski definition) is 3. The molecule has 0 saturated heterocycles. The molecule has 0 aromatic heterocycles. The summed E-state index contributed by atoms with van der Waals surface area (Å²) in [6.45, 7) is 8.33. The van der Waals surface area contributed by atoms with Gasteiger partial charge in [-0.15, -0.1) is 0 Å². The molecule has 0 aromatic rings. The van der Waals surface area contributed by atoms with E-state index in [1.54, 1.807) is 0 Å². The smallest absolute Gasteiger partial charge is 0.0701 e. The van der Waals surface area contributed by atoms with E-state index in [0.717, 1.165) is 19.8 Å². The van der Waals surface area contributed by atoms with E-state index < -0.39 is 0 Å². The van der Waals surface area contributed by atoms with Crippen LogP contribution in [0.4, 0.5) is 0 Å². The van der Waals surface area contributed by atoms with Gasteiger partial charge in [0.05, 0.1) is 19.8 Å². The molecule has 0 amide bonds. The van der Waals surface area contributed by atoms with Crippen molar-refractivity contribution in [2.45, 2.75) is 20.3 Å². The van der Waals surface area contributed by atoms with Crippen molar-refractivity contribution < 1.29 is 9.47 Å². The summed E-state index contributed by atoms with van der Waals surface area (Å²) in [5.41, 5.74) is 0. The Bertz CT molecular complexity index is 98.9. The van der Waals surface area contributed by atoms with Crippen LogP contribution in [0.5, 0.6) is 0 Å². The molecule has 0 aliphatic carbocycles. The normalized spacial score (nSPS) is 13.2. The van der Waals surface area contributed by atoms with Crippen molar-refractivity contribution in [2.24, 2.45) is 5.92 Å². The molecule has 0 aromatic carbocycles. The van der Waals surface area contributed by atoms with Gasteiger partial charge in [0, 0.05) is 13.2 Å². The fourth-order valence-electron chi connectivity index (χ4n) is 0.797. The predicted molar refractivity (Wildman–Crippen MR) is 55.0 cm³/mol. The van der Waals surface area contributed by atoms with Gasteiger partial charge in [0.1, 0.15) is 0 Å².